The van der Waals surface area contributed by atoms with E-state index in [2.05, 4.69) is 74.9 Å². The summed E-state index contributed by atoms with van der Waals surface area (Å²) >= 11 is 2.10. The van der Waals surface area contributed by atoms with E-state index in [0.29, 0.717) is 29.8 Å². The Labute approximate surface area is 201 Å². The van der Waals surface area contributed by atoms with Crippen molar-refractivity contribution in [1.82, 2.24) is 14.7 Å². The van der Waals surface area contributed by atoms with Crippen LogP contribution in [-0.4, -0.2) is 114 Å². The molecular weight excluding hydrogens is 442 g/mol. The van der Waals surface area contributed by atoms with E-state index >= 15 is 0 Å². The Morgan fingerprint density at radius 1 is 0.812 bits per heavy atom. The third-order valence-electron chi connectivity index (χ3n) is 7.74. The Kier molecular flexibility index (Phi) is 8.37. The number of sulfone groups is 1. The second-order valence-corrected chi connectivity index (χ2v) is 15.9. The first-order valence-electron chi connectivity index (χ1n) is 12.4. The molecule has 3 rings (SSSR count). The second-order valence-electron chi connectivity index (χ2n) is 12.2. The van der Waals surface area contributed by atoms with Gasteiger partial charge in [-0.05, 0) is 61.3 Å². The lowest BCUT2D eigenvalue weighted by Crippen LogP contribution is -2.57. The van der Waals surface area contributed by atoms with Gasteiger partial charge in [0.15, 0.2) is 9.84 Å². The van der Waals surface area contributed by atoms with Crippen molar-refractivity contribution in [2.24, 2.45) is 0 Å². The van der Waals surface area contributed by atoms with Crippen molar-refractivity contribution in [2.75, 3.05) is 63.1 Å². The third-order valence-corrected chi connectivity index (χ3v) is 10.6. The Morgan fingerprint density at radius 2 is 1.44 bits per heavy atom. The highest BCUT2D eigenvalue weighted by atomic mass is 32.2. The summed E-state index contributed by atoms with van der Waals surface area (Å²) in [5.74, 6) is 1.78. The first-order valence-corrected chi connectivity index (χ1v) is 15.2. The predicted molar refractivity (Wildman–Crippen MR) is 137 cm³/mol. The standard InChI is InChI=1S/C24H47N3O3S2/c1-22(2,3)26-8-12-30-20(18-26)16-23(4,5)27-9-13-31-21(19-27)17-24(6,7)25-10-14-32(28,29)15-11-25/h20-21H,8-19H2,1-7H3. The molecule has 3 heterocycles. The number of hydrogen-bond acceptors (Lipinski definition) is 7. The summed E-state index contributed by atoms with van der Waals surface area (Å²) in [6.07, 6.45) is 2.45. The van der Waals surface area contributed by atoms with Crippen LogP contribution in [0.5, 0.6) is 0 Å². The third kappa shape index (κ3) is 7.08. The summed E-state index contributed by atoms with van der Waals surface area (Å²) < 4.78 is 29.9. The van der Waals surface area contributed by atoms with Crippen LogP contribution in [0.4, 0.5) is 0 Å². The number of rotatable bonds is 6. The lowest BCUT2D eigenvalue weighted by Gasteiger charge is -2.49. The molecule has 3 saturated heterocycles. The molecule has 0 N–H and O–H groups in total. The highest BCUT2D eigenvalue weighted by Gasteiger charge is 2.39. The van der Waals surface area contributed by atoms with Crippen LogP contribution in [-0.2, 0) is 14.6 Å². The molecule has 0 spiro atoms. The van der Waals surface area contributed by atoms with Crippen molar-refractivity contribution >= 4 is 21.6 Å². The Bertz CT molecular complexity index is 719. The minimum atomic E-state index is -2.84. The monoisotopic (exact) mass is 489 g/mol. The van der Waals surface area contributed by atoms with E-state index in [9.17, 15) is 8.42 Å². The number of morpholine rings is 1. The van der Waals surface area contributed by atoms with E-state index < -0.39 is 9.84 Å². The van der Waals surface area contributed by atoms with E-state index in [-0.39, 0.29) is 22.7 Å². The second kappa shape index (κ2) is 10.0. The van der Waals surface area contributed by atoms with Crippen LogP contribution in [0.2, 0.25) is 0 Å². The Morgan fingerprint density at radius 3 is 2.06 bits per heavy atom. The number of hydrogen-bond donors (Lipinski definition) is 0. The molecule has 0 amide bonds. The van der Waals surface area contributed by atoms with Crippen LogP contribution < -0.4 is 0 Å². The molecule has 0 aromatic rings. The highest BCUT2D eigenvalue weighted by molar-refractivity contribution is 8.00. The molecule has 2 atom stereocenters. The number of thioether (sulfide) groups is 1. The van der Waals surface area contributed by atoms with Crippen molar-refractivity contribution in [3.63, 3.8) is 0 Å². The first kappa shape index (κ1) is 26.7. The fraction of sp³-hybridized carbons (Fsp3) is 1.00. The molecule has 32 heavy (non-hydrogen) atoms. The molecule has 0 radical (unpaired) electrons. The van der Waals surface area contributed by atoms with Crippen molar-refractivity contribution < 1.29 is 13.2 Å². The van der Waals surface area contributed by atoms with Gasteiger partial charge >= 0.3 is 0 Å². The number of ether oxygens (including phenoxy) is 1. The van der Waals surface area contributed by atoms with Gasteiger partial charge in [-0.25, -0.2) is 8.42 Å². The van der Waals surface area contributed by atoms with Crippen molar-refractivity contribution in [2.45, 2.75) is 89.3 Å². The van der Waals surface area contributed by atoms with Gasteiger partial charge < -0.3 is 4.74 Å². The normalized spacial score (nSPS) is 29.8. The molecule has 0 aromatic carbocycles. The molecule has 6 nitrogen and oxygen atoms in total. The SMILES string of the molecule is CC(C)(C)N1CCOC(CC(C)(C)N2CCSC(CC(C)(C)N3CCS(=O)(=O)CC3)C2)C1. The zero-order chi connectivity index (χ0) is 23.8. The fourth-order valence-corrected chi connectivity index (χ4v) is 8.21. The maximum atomic E-state index is 11.9. The zero-order valence-corrected chi connectivity index (χ0v) is 23.2. The summed E-state index contributed by atoms with van der Waals surface area (Å²) in [5, 5.41) is 0.579. The van der Waals surface area contributed by atoms with Gasteiger partial charge in [0, 0.05) is 66.9 Å². The largest absolute Gasteiger partial charge is 0.375 e. The average molecular weight is 490 g/mol. The van der Waals surface area contributed by atoms with Crippen molar-refractivity contribution in [3.05, 3.63) is 0 Å². The van der Waals surface area contributed by atoms with Crippen LogP contribution in [0.1, 0.15) is 61.3 Å². The van der Waals surface area contributed by atoms with Gasteiger partial charge in [-0.15, -0.1) is 0 Å². The summed E-state index contributed by atoms with van der Waals surface area (Å²) in [5.41, 5.74) is 0.326. The minimum absolute atomic E-state index is 0.0282. The van der Waals surface area contributed by atoms with Gasteiger partial charge in [0.2, 0.25) is 0 Å². The minimum Gasteiger partial charge on any atom is -0.375 e. The first-order chi connectivity index (χ1) is 14.7. The maximum Gasteiger partial charge on any atom is 0.152 e. The van der Waals surface area contributed by atoms with Gasteiger partial charge in [0.25, 0.3) is 0 Å². The summed E-state index contributed by atoms with van der Waals surface area (Å²) in [6, 6.07) is 0. The smallest absolute Gasteiger partial charge is 0.152 e. The molecular formula is C24H47N3O3S2. The Hall–Kier alpha value is 0.140. The Balaban J connectivity index is 1.56. The molecule has 2 unspecified atom stereocenters. The van der Waals surface area contributed by atoms with E-state index in [1.54, 1.807) is 0 Å². The molecule has 0 aliphatic carbocycles. The molecule has 8 heteroatoms. The van der Waals surface area contributed by atoms with E-state index in [4.69, 9.17) is 4.74 Å². The summed E-state index contributed by atoms with van der Waals surface area (Å²) in [7, 11) is -2.84. The molecule has 0 bridgehead atoms. The van der Waals surface area contributed by atoms with Crippen molar-refractivity contribution in [3.8, 4) is 0 Å². The van der Waals surface area contributed by atoms with Crippen LogP contribution in [0.25, 0.3) is 0 Å². The van der Waals surface area contributed by atoms with Crippen LogP contribution >= 0.6 is 11.8 Å². The van der Waals surface area contributed by atoms with Gasteiger partial charge in [-0.1, -0.05) is 0 Å². The number of nitrogens with zero attached hydrogens (tertiary/aromatic N) is 3. The van der Waals surface area contributed by atoms with Crippen LogP contribution in [0, 0.1) is 0 Å². The molecule has 3 aliphatic heterocycles. The lowest BCUT2D eigenvalue weighted by molar-refractivity contribution is -0.0787. The molecule has 188 valence electrons. The predicted octanol–water partition coefficient (Wildman–Crippen LogP) is 2.97. The maximum absolute atomic E-state index is 11.9. The van der Waals surface area contributed by atoms with Gasteiger partial charge in [0.05, 0.1) is 24.2 Å². The zero-order valence-electron chi connectivity index (χ0n) is 21.5. The quantitative estimate of drug-likeness (QED) is 0.568. The van der Waals surface area contributed by atoms with Gasteiger partial charge in [0.1, 0.15) is 0 Å². The fourth-order valence-electron chi connectivity index (χ4n) is 5.54. The van der Waals surface area contributed by atoms with E-state index in [1.807, 2.05) is 0 Å². The molecule has 3 fully saturated rings. The summed E-state index contributed by atoms with van der Waals surface area (Å²) in [6.45, 7) is 22.7. The van der Waals surface area contributed by atoms with E-state index in [1.165, 1.54) is 0 Å². The molecule has 0 aromatic heterocycles. The molecule has 3 aliphatic rings. The summed E-state index contributed by atoms with van der Waals surface area (Å²) in [4.78, 5) is 7.65. The van der Waals surface area contributed by atoms with E-state index in [0.717, 1.165) is 51.4 Å². The van der Waals surface area contributed by atoms with Gasteiger partial charge in [-0.2, -0.15) is 11.8 Å². The van der Waals surface area contributed by atoms with Gasteiger partial charge in [-0.3, -0.25) is 14.7 Å². The molecule has 0 saturated carbocycles. The average Bonchev–Trinajstić information content (AvgIpc) is 2.67. The highest BCUT2D eigenvalue weighted by Crippen LogP contribution is 2.35. The van der Waals surface area contributed by atoms with Crippen LogP contribution in [0.3, 0.4) is 0 Å². The van der Waals surface area contributed by atoms with Crippen molar-refractivity contribution in [1.29, 1.82) is 0 Å². The lowest BCUT2D eigenvalue weighted by atomic mass is 9.90. The van der Waals surface area contributed by atoms with Crippen LogP contribution in [0.15, 0.2) is 0 Å². The topological polar surface area (TPSA) is 53.1 Å².